The fourth-order valence-corrected chi connectivity index (χ4v) is 4.28. The number of carbonyl (C=O) groups is 1. The average Bonchev–Trinajstić information content (AvgIpc) is 3.25. The predicted molar refractivity (Wildman–Crippen MR) is 102 cm³/mol. The van der Waals surface area contributed by atoms with Gasteiger partial charge in [0, 0.05) is 12.5 Å². The first-order valence-corrected chi connectivity index (χ1v) is 9.78. The number of nitrogens with zero attached hydrogens (tertiary/aromatic N) is 3. The molecule has 4 rings (SSSR count). The van der Waals surface area contributed by atoms with Crippen LogP contribution in [0.4, 0.5) is 0 Å². The van der Waals surface area contributed by atoms with Gasteiger partial charge in [0.05, 0.1) is 28.9 Å². The molecule has 7 heteroatoms. The number of aromatic carboxylic acids is 1. The van der Waals surface area contributed by atoms with Crippen molar-refractivity contribution < 1.29 is 14.7 Å². The van der Waals surface area contributed by atoms with E-state index in [0.29, 0.717) is 18.5 Å². The van der Waals surface area contributed by atoms with E-state index >= 15 is 0 Å². The van der Waals surface area contributed by atoms with Gasteiger partial charge in [0.25, 0.3) is 0 Å². The second-order valence-electron chi connectivity index (χ2n) is 7.51. The maximum atomic E-state index is 13.3. The summed E-state index contributed by atoms with van der Waals surface area (Å²) in [6.45, 7) is 2.41. The highest BCUT2D eigenvalue weighted by Crippen LogP contribution is 2.30. The van der Waals surface area contributed by atoms with Crippen LogP contribution >= 0.6 is 0 Å². The van der Waals surface area contributed by atoms with Crippen LogP contribution in [-0.4, -0.2) is 32.0 Å². The third-order valence-electron chi connectivity index (χ3n) is 5.74. The van der Waals surface area contributed by atoms with Gasteiger partial charge in [0.15, 0.2) is 6.10 Å². The maximum Gasteiger partial charge on any atom is 0.335 e. The van der Waals surface area contributed by atoms with Gasteiger partial charge in [-0.05, 0) is 37.5 Å². The zero-order valence-electron chi connectivity index (χ0n) is 15.6. The van der Waals surface area contributed by atoms with Crippen LogP contribution in [-0.2, 0) is 11.4 Å². The summed E-state index contributed by atoms with van der Waals surface area (Å²) in [5.41, 5.74) is 2.59. The fourth-order valence-electron chi connectivity index (χ4n) is 4.28. The minimum absolute atomic E-state index is 0.0759. The molecule has 1 aliphatic carbocycles. The van der Waals surface area contributed by atoms with E-state index in [4.69, 9.17) is 4.84 Å². The Balaban J connectivity index is 1.78. The number of imidazole rings is 1. The van der Waals surface area contributed by atoms with Crippen LogP contribution in [0.1, 0.15) is 68.3 Å². The average molecular weight is 371 g/mol. The number of oxime groups is 1. The molecule has 2 aromatic rings. The topological polar surface area (TPSA) is 85.8 Å². The quantitative estimate of drug-likeness (QED) is 0.871. The molecular weight excluding hydrogens is 346 g/mol. The minimum Gasteiger partial charge on any atom is -0.478 e. The van der Waals surface area contributed by atoms with Gasteiger partial charge >= 0.3 is 11.7 Å². The number of carboxylic acid groups (broad SMARTS) is 1. The standard InChI is InChI=1S/C20H25N3O4/c1-2-14-11-16(27-21-14)12-22-18-10-13(19(24)25)8-9-17(18)23(20(22)26)15-6-4-3-5-7-15/h8-10,15-16H,2-7,11-12H2,1H3,(H,24,25)/t16-/m0/s1. The highest BCUT2D eigenvalue weighted by atomic mass is 16.6. The molecule has 7 nitrogen and oxygen atoms in total. The van der Waals surface area contributed by atoms with Gasteiger partial charge in [0.1, 0.15) is 0 Å². The van der Waals surface area contributed by atoms with E-state index in [2.05, 4.69) is 5.16 Å². The van der Waals surface area contributed by atoms with Crippen molar-refractivity contribution >= 4 is 22.7 Å². The Morgan fingerprint density at radius 3 is 2.70 bits per heavy atom. The Labute approximate surface area is 157 Å². The summed E-state index contributed by atoms with van der Waals surface area (Å²) in [6, 6.07) is 5.14. The number of benzene rings is 1. The number of fused-ring (bicyclic) bond motifs is 1. The summed E-state index contributed by atoms with van der Waals surface area (Å²) < 4.78 is 3.55. The molecule has 1 aromatic carbocycles. The largest absolute Gasteiger partial charge is 0.478 e. The normalized spacial score (nSPS) is 20.6. The first kappa shape index (κ1) is 17.8. The lowest BCUT2D eigenvalue weighted by Crippen LogP contribution is -2.31. The van der Waals surface area contributed by atoms with Crippen LogP contribution in [0.15, 0.2) is 28.1 Å². The predicted octanol–water partition coefficient (Wildman–Crippen LogP) is 3.56. The van der Waals surface area contributed by atoms with Gasteiger partial charge in [-0.3, -0.25) is 9.13 Å². The number of carboxylic acids is 1. The first-order valence-electron chi connectivity index (χ1n) is 9.78. The monoisotopic (exact) mass is 371 g/mol. The Bertz CT molecular complexity index is 950. The Kier molecular flexibility index (Phi) is 4.76. The van der Waals surface area contributed by atoms with E-state index < -0.39 is 5.97 Å². The molecule has 0 amide bonds. The second kappa shape index (κ2) is 7.21. The molecule has 27 heavy (non-hydrogen) atoms. The molecule has 1 saturated carbocycles. The third-order valence-corrected chi connectivity index (χ3v) is 5.74. The van der Waals surface area contributed by atoms with Gasteiger partial charge in [0.2, 0.25) is 0 Å². The summed E-state index contributed by atoms with van der Waals surface area (Å²) in [5.74, 6) is -0.991. The van der Waals surface area contributed by atoms with Crippen molar-refractivity contribution in [3.05, 3.63) is 34.2 Å². The lowest BCUT2D eigenvalue weighted by molar-refractivity contribution is 0.0697. The van der Waals surface area contributed by atoms with E-state index in [1.165, 1.54) is 6.42 Å². The highest BCUT2D eigenvalue weighted by Gasteiger charge is 2.27. The van der Waals surface area contributed by atoms with E-state index in [9.17, 15) is 14.7 Å². The van der Waals surface area contributed by atoms with Crippen molar-refractivity contribution in [2.75, 3.05) is 0 Å². The Morgan fingerprint density at radius 1 is 1.26 bits per heavy atom. The molecule has 0 spiro atoms. The molecule has 1 N–H and O–H groups in total. The highest BCUT2D eigenvalue weighted by molar-refractivity contribution is 5.92. The van der Waals surface area contributed by atoms with Crippen LogP contribution in [0, 0.1) is 0 Å². The van der Waals surface area contributed by atoms with E-state index in [1.54, 1.807) is 22.8 Å². The van der Waals surface area contributed by atoms with Gasteiger partial charge in [-0.2, -0.15) is 0 Å². The van der Waals surface area contributed by atoms with Gasteiger partial charge in [-0.15, -0.1) is 0 Å². The number of rotatable bonds is 5. The smallest absolute Gasteiger partial charge is 0.335 e. The van der Waals surface area contributed by atoms with Crippen LogP contribution in [0.2, 0.25) is 0 Å². The fraction of sp³-hybridized carbons (Fsp3) is 0.550. The summed E-state index contributed by atoms with van der Waals surface area (Å²) in [7, 11) is 0. The van der Waals surface area contributed by atoms with Gasteiger partial charge in [-0.25, -0.2) is 9.59 Å². The number of aromatic nitrogens is 2. The van der Waals surface area contributed by atoms with Crippen molar-refractivity contribution in [2.24, 2.45) is 5.16 Å². The molecule has 0 bridgehead atoms. The molecule has 1 aromatic heterocycles. The van der Waals surface area contributed by atoms with E-state index in [0.717, 1.165) is 43.3 Å². The van der Waals surface area contributed by atoms with Crippen LogP contribution < -0.4 is 5.69 Å². The maximum absolute atomic E-state index is 13.3. The lowest BCUT2D eigenvalue weighted by Gasteiger charge is -2.23. The molecule has 1 fully saturated rings. The third kappa shape index (κ3) is 3.26. The summed E-state index contributed by atoms with van der Waals surface area (Å²) >= 11 is 0. The molecule has 0 radical (unpaired) electrons. The van der Waals surface area contributed by atoms with Gasteiger partial charge < -0.3 is 9.94 Å². The van der Waals surface area contributed by atoms with Crippen molar-refractivity contribution in [3.63, 3.8) is 0 Å². The van der Waals surface area contributed by atoms with Crippen LogP contribution in [0.5, 0.6) is 0 Å². The summed E-state index contributed by atoms with van der Waals surface area (Å²) in [5, 5.41) is 13.5. The van der Waals surface area contributed by atoms with Crippen molar-refractivity contribution in [2.45, 2.75) is 70.6 Å². The minimum atomic E-state index is -0.991. The lowest BCUT2D eigenvalue weighted by atomic mass is 9.95. The van der Waals surface area contributed by atoms with Crippen LogP contribution in [0.25, 0.3) is 11.0 Å². The van der Waals surface area contributed by atoms with E-state index in [1.807, 2.05) is 11.5 Å². The molecule has 1 aliphatic heterocycles. The van der Waals surface area contributed by atoms with Crippen LogP contribution in [0.3, 0.4) is 0 Å². The molecule has 0 saturated heterocycles. The molecule has 2 heterocycles. The second-order valence-corrected chi connectivity index (χ2v) is 7.51. The SMILES string of the molecule is CCC1=NO[C@H](Cn2c(=O)n(C3CCCCC3)c3ccc(C(=O)O)cc32)C1. The summed E-state index contributed by atoms with van der Waals surface area (Å²) in [6.07, 6.45) is 6.78. The van der Waals surface area contributed by atoms with Crippen molar-refractivity contribution in [1.29, 1.82) is 0 Å². The Hall–Kier alpha value is -2.57. The zero-order chi connectivity index (χ0) is 19.0. The van der Waals surface area contributed by atoms with Gasteiger partial charge in [-0.1, -0.05) is 31.3 Å². The first-order chi connectivity index (χ1) is 13.1. The van der Waals surface area contributed by atoms with E-state index in [-0.39, 0.29) is 23.4 Å². The van der Waals surface area contributed by atoms with Crippen molar-refractivity contribution in [1.82, 2.24) is 9.13 Å². The van der Waals surface area contributed by atoms with Crippen molar-refractivity contribution in [3.8, 4) is 0 Å². The molecule has 0 unspecified atom stereocenters. The summed E-state index contributed by atoms with van der Waals surface area (Å²) in [4.78, 5) is 30.2. The zero-order valence-corrected chi connectivity index (χ0v) is 15.6. The molecule has 144 valence electrons. The molecular formula is C20H25N3O4. The number of hydrogen-bond donors (Lipinski definition) is 1. The molecule has 1 atom stereocenters. The number of hydrogen-bond acceptors (Lipinski definition) is 4. The molecule has 2 aliphatic rings. The Morgan fingerprint density at radius 2 is 2.04 bits per heavy atom.